The fourth-order valence-electron chi connectivity index (χ4n) is 4.15. The highest BCUT2D eigenvalue weighted by Gasteiger charge is 2.34. The maximum atomic E-state index is 12.3. The third-order valence-corrected chi connectivity index (χ3v) is 6.90. The molecule has 0 spiro atoms. The van der Waals surface area contributed by atoms with Gasteiger partial charge < -0.3 is 19.9 Å². The quantitative estimate of drug-likeness (QED) is 0.593. The van der Waals surface area contributed by atoms with Crippen molar-refractivity contribution in [2.24, 2.45) is 7.05 Å². The Bertz CT molecular complexity index is 1300. The van der Waals surface area contributed by atoms with Gasteiger partial charge in [0.1, 0.15) is 22.7 Å². The number of carbonyl (C=O) groups is 1. The van der Waals surface area contributed by atoms with Gasteiger partial charge in [-0.2, -0.15) is 0 Å². The van der Waals surface area contributed by atoms with Crippen LogP contribution in [0.3, 0.4) is 0 Å². The minimum Gasteiger partial charge on any atom is -0.474 e. The molecule has 1 fully saturated rings. The van der Waals surface area contributed by atoms with Crippen molar-refractivity contribution < 1.29 is 9.53 Å². The van der Waals surface area contributed by atoms with E-state index >= 15 is 0 Å². The molecule has 11 heteroatoms. The first kappa shape index (κ1) is 19.8. The summed E-state index contributed by atoms with van der Waals surface area (Å²) in [5, 5.41) is 2.58. The van der Waals surface area contributed by atoms with Gasteiger partial charge in [-0.1, -0.05) is 0 Å². The number of H-pyrrole nitrogens is 1. The van der Waals surface area contributed by atoms with Crippen molar-refractivity contribution in [1.82, 2.24) is 24.8 Å². The highest BCUT2D eigenvalue weighted by Crippen LogP contribution is 2.34. The molecule has 1 saturated heterocycles. The van der Waals surface area contributed by atoms with Crippen LogP contribution >= 0.6 is 11.3 Å². The molecule has 0 bridgehead atoms. The highest BCUT2D eigenvalue weighted by atomic mass is 32.1. The number of aromatic amines is 1. The van der Waals surface area contributed by atoms with Crippen molar-refractivity contribution >= 4 is 33.1 Å². The van der Waals surface area contributed by atoms with E-state index in [9.17, 15) is 14.4 Å². The van der Waals surface area contributed by atoms with Gasteiger partial charge in [0.05, 0.1) is 11.6 Å². The number of thiophene rings is 1. The van der Waals surface area contributed by atoms with Crippen molar-refractivity contribution in [3.8, 4) is 5.88 Å². The second kappa shape index (κ2) is 7.50. The van der Waals surface area contributed by atoms with E-state index in [4.69, 9.17) is 4.74 Å². The molecule has 5 rings (SSSR count). The Balaban J connectivity index is 1.33. The molecule has 162 valence electrons. The Morgan fingerprint density at radius 3 is 3.00 bits per heavy atom. The molecule has 31 heavy (non-hydrogen) atoms. The molecular weight excluding hydrogens is 420 g/mol. The number of hydrogen-bond donors (Lipinski definition) is 2. The Hall–Kier alpha value is -3.18. The zero-order chi connectivity index (χ0) is 21.7. The van der Waals surface area contributed by atoms with Crippen LogP contribution in [0.4, 0.5) is 5.69 Å². The summed E-state index contributed by atoms with van der Waals surface area (Å²) < 4.78 is 7.55. The predicted octanol–water partition coefficient (Wildman–Crippen LogP) is 0.126. The third-order valence-electron chi connectivity index (χ3n) is 5.80. The molecular formula is C20H22N6O4S. The minimum atomic E-state index is -0.401. The van der Waals surface area contributed by atoms with E-state index in [0.29, 0.717) is 34.9 Å². The van der Waals surface area contributed by atoms with E-state index in [1.165, 1.54) is 18.4 Å². The fraction of sp³-hybridized carbons (Fsp3) is 0.400. The van der Waals surface area contributed by atoms with Crippen LogP contribution in [0.25, 0.3) is 10.2 Å². The second-order valence-electron chi connectivity index (χ2n) is 7.74. The average molecular weight is 443 g/mol. The number of fused-ring (bicyclic) bond motifs is 4. The maximum absolute atomic E-state index is 12.3. The van der Waals surface area contributed by atoms with Crippen LogP contribution in [0.2, 0.25) is 0 Å². The summed E-state index contributed by atoms with van der Waals surface area (Å²) in [6.45, 7) is 3.66. The molecule has 2 N–H and O–H groups in total. The average Bonchev–Trinajstić information content (AvgIpc) is 3.18. The van der Waals surface area contributed by atoms with E-state index in [1.807, 2.05) is 12.1 Å². The van der Waals surface area contributed by atoms with Crippen LogP contribution in [0.1, 0.15) is 15.4 Å². The largest absolute Gasteiger partial charge is 0.474 e. The Labute approximate surface area is 181 Å². The Morgan fingerprint density at radius 2 is 2.19 bits per heavy atom. The van der Waals surface area contributed by atoms with Crippen LogP contribution in [-0.2, 0) is 13.6 Å². The summed E-state index contributed by atoms with van der Waals surface area (Å²) in [6, 6.07) is 5.68. The van der Waals surface area contributed by atoms with Gasteiger partial charge >= 0.3 is 5.69 Å². The number of pyridine rings is 1. The number of anilines is 1. The molecule has 5 heterocycles. The first-order valence-electron chi connectivity index (χ1n) is 10.0. The SMILES string of the molecule is CNC(=O)c1ccc2c(n1)OC[C@@H]1CN(Cc3cc4[nH]c(=O)n(C)c(=O)c4s3)CCN21. The number of nitrogens with one attached hydrogen (secondary N) is 2. The van der Waals surface area contributed by atoms with E-state index in [1.54, 1.807) is 13.1 Å². The molecule has 0 aliphatic carbocycles. The zero-order valence-electron chi connectivity index (χ0n) is 17.2. The molecule has 0 radical (unpaired) electrons. The number of ether oxygens (including phenoxy) is 1. The van der Waals surface area contributed by atoms with Gasteiger partial charge in [-0.3, -0.25) is 19.1 Å². The van der Waals surface area contributed by atoms with E-state index < -0.39 is 5.69 Å². The Morgan fingerprint density at radius 1 is 1.35 bits per heavy atom. The van der Waals surface area contributed by atoms with Crippen molar-refractivity contribution in [2.75, 3.05) is 38.2 Å². The summed E-state index contributed by atoms with van der Waals surface area (Å²) in [4.78, 5) is 48.8. The molecule has 2 aliphatic rings. The summed E-state index contributed by atoms with van der Waals surface area (Å²) in [7, 11) is 3.05. The summed E-state index contributed by atoms with van der Waals surface area (Å²) in [5.74, 6) is 0.257. The van der Waals surface area contributed by atoms with Crippen molar-refractivity contribution in [3.63, 3.8) is 0 Å². The lowest BCUT2D eigenvalue weighted by Crippen LogP contribution is -2.57. The van der Waals surface area contributed by atoms with E-state index in [2.05, 4.69) is 25.1 Å². The van der Waals surface area contributed by atoms with E-state index in [0.717, 1.165) is 34.8 Å². The van der Waals surface area contributed by atoms with Crippen LogP contribution < -0.4 is 26.2 Å². The third kappa shape index (κ3) is 3.39. The molecule has 0 saturated carbocycles. The van der Waals surface area contributed by atoms with Gasteiger partial charge in [-0.15, -0.1) is 11.3 Å². The lowest BCUT2D eigenvalue weighted by molar-refractivity contribution is 0.0956. The minimum absolute atomic E-state index is 0.177. The van der Waals surface area contributed by atoms with Crippen LogP contribution in [0.5, 0.6) is 5.88 Å². The molecule has 0 unspecified atom stereocenters. The lowest BCUT2D eigenvalue weighted by Gasteiger charge is -2.45. The topological polar surface area (TPSA) is 113 Å². The first-order chi connectivity index (χ1) is 14.9. The fourth-order valence-corrected chi connectivity index (χ4v) is 5.28. The normalized spacial score (nSPS) is 18.4. The summed E-state index contributed by atoms with van der Waals surface area (Å²) in [5.41, 5.74) is 1.18. The molecule has 3 aromatic heterocycles. The number of nitrogens with zero attached hydrogens (tertiary/aromatic N) is 4. The molecule has 10 nitrogen and oxygen atoms in total. The van der Waals surface area contributed by atoms with Gasteiger partial charge in [0.2, 0.25) is 5.88 Å². The number of rotatable bonds is 3. The van der Waals surface area contributed by atoms with E-state index in [-0.39, 0.29) is 17.5 Å². The Kier molecular flexibility index (Phi) is 4.78. The van der Waals surface area contributed by atoms with Gasteiger partial charge in [-0.05, 0) is 18.2 Å². The molecule has 1 amide bonds. The zero-order valence-corrected chi connectivity index (χ0v) is 18.0. The highest BCUT2D eigenvalue weighted by molar-refractivity contribution is 7.18. The smallest absolute Gasteiger partial charge is 0.328 e. The number of piperazine rings is 1. The van der Waals surface area contributed by atoms with Crippen molar-refractivity contribution in [2.45, 2.75) is 12.6 Å². The lowest BCUT2D eigenvalue weighted by atomic mass is 10.1. The summed E-state index contributed by atoms with van der Waals surface area (Å²) >= 11 is 1.43. The molecule has 1 atom stereocenters. The first-order valence-corrected chi connectivity index (χ1v) is 10.8. The number of amides is 1. The summed E-state index contributed by atoms with van der Waals surface area (Å²) in [6.07, 6.45) is 0. The van der Waals surface area contributed by atoms with Crippen LogP contribution in [-0.4, -0.2) is 64.7 Å². The number of aromatic nitrogens is 3. The van der Waals surface area contributed by atoms with Gasteiger partial charge in [0, 0.05) is 45.2 Å². The van der Waals surface area contributed by atoms with Crippen molar-refractivity contribution in [1.29, 1.82) is 0 Å². The monoisotopic (exact) mass is 442 g/mol. The molecule has 2 aliphatic heterocycles. The molecule has 0 aromatic carbocycles. The van der Waals surface area contributed by atoms with Crippen molar-refractivity contribution in [3.05, 3.63) is 49.6 Å². The van der Waals surface area contributed by atoms with Gasteiger partial charge in [0.25, 0.3) is 11.5 Å². The van der Waals surface area contributed by atoms with Crippen LogP contribution in [0.15, 0.2) is 27.8 Å². The van der Waals surface area contributed by atoms with Gasteiger partial charge in [-0.25, -0.2) is 9.78 Å². The number of carbonyl (C=O) groups excluding carboxylic acids is 1. The van der Waals surface area contributed by atoms with Gasteiger partial charge in [0.15, 0.2) is 0 Å². The maximum Gasteiger partial charge on any atom is 0.328 e. The van der Waals surface area contributed by atoms with Crippen LogP contribution in [0, 0.1) is 0 Å². The predicted molar refractivity (Wildman–Crippen MR) is 117 cm³/mol. The second-order valence-corrected chi connectivity index (χ2v) is 8.88. The molecule has 3 aromatic rings. The number of hydrogen-bond acceptors (Lipinski definition) is 8. The standard InChI is InChI=1S/C20H22N6O4S/c1-21-17(27)13-3-4-15-18(22-13)30-10-11-8-25(5-6-26(11)15)9-12-7-14-16(31-12)19(28)24(2)20(29)23-14/h3-4,7,11H,5-6,8-10H2,1-2H3,(H,21,27)(H,23,29)/t11-/m0/s1.